The number of rotatable bonds is 1. The zero-order valence-corrected chi connectivity index (χ0v) is 12.8. The van der Waals surface area contributed by atoms with Crippen molar-refractivity contribution in [2.24, 2.45) is 5.41 Å². The van der Waals surface area contributed by atoms with E-state index in [4.69, 9.17) is 5.73 Å². The molecule has 2 N–H and O–H groups in total. The third kappa shape index (κ3) is 2.04. The second-order valence-corrected chi connectivity index (χ2v) is 6.61. The predicted molar refractivity (Wildman–Crippen MR) is 81.2 cm³/mol. The SMILES string of the molecule is Nc1ccc(N2C(=O)CC3(CCCCC3)C2=O)cc1Br. The molecule has 0 unspecified atom stereocenters. The molecule has 20 heavy (non-hydrogen) atoms. The molecule has 1 heterocycles. The Balaban J connectivity index is 1.95. The quantitative estimate of drug-likeness (QED) is 0.632. The van der Waals surface area contributed by atoms with Crippen molar-refractivity contribution in [2.45, 2.75) is 38.5 Å². The van der Waals surface area contributed by atoms with E-state index in [1.807, 2.05) is 0 Å². The topological polar surface area (TPSA) is 63.4 Å². The second kappa shape index (κ2) is 4.88. The summed E-state index contributed by atoms with van der Waals surface area (Å²) in [4.78, 5) is 26.4. The van der Waals surface area contributed by atoms with Crippen LogP contribution < -0.4 is 10.6 Å². The maximum Gasteiger partial charge on any atom is 0.240 e. The van der Waals surface area contributed by atoms with Gasteiger partial charge < -0.3 is 5.73 Å². The Morgan fingerprint density at radius 1 is 1.15 bits per heavy atom. The van der Waals surface area contributed by atoms with Gasteiger partial charge in [-0.2, -0.15) is 0 Å². The summed E-state index contributed by atoms with van der Waals surface area (Å²) in [5, 5.41) is 0. The number of halogens is 1. The minimum atomic E-state index is -0.441. The predicted octanol–water partition coefficient (Wildman–Crippen LogP) is 3.25. The van der Waals surface area contributed by atoms with Gasteiger partial charge >= 0.3 is 0 Å². The molecule has 1 saturated heterocycles. The number of nitrogens with zero attached hydrogens (tertiary/aromatic N) is 1. The fraction of sp³-hybridized carbons (Fsp3) is 0.467. The highest BCUT2D eigenvalue weighted by Gasteiger charge is 2.51. The van der Waals surface area contributed by atoms with E-state index in [-0.39, 0.29) is 11.8 Å². The molecule has 106 valence electrons. The zero-order valence-electron chi connectivity index (χ0n) is 11.2. The van der Waals surface area contributed by atoms with E-state index >= 15 is 0 Å². The van der Waals surface area contributed by atoms with Crippen molar-refractivity contribution in [2.75, 3.05) is 10.6 Å². The summed E-state index contributed by atoms with van der Waals surface area (Å²) >= 11 is 3.35. The van der Waals surface area contributed by atoms with E-state index in [0.717, 1.165) is 32.1 Å². The van der Waals surface area contributed by atoms with Crippen LogP contribution in [0, 0.1) is 5.41 Å². The highest BCUT2D eigenvalue weighted by atomic mass is 79.9. The molecule has 0 radical (unpaired) electrons. The highest BCUT2D eigenvalue weighted by molar-refractivity contribution is 9.10. The molecule has 5 heteroatoms. The molecular weight excluding hydrogens is 320 g/mol. The van der Waals surface area contributed by atoms with Gasteiger partial charge in [0.2, 0.25) is 11.8 Å². The van der Waals surface area contributed by atoms with E-state index in [1.54, 1.807) is 18.2 Å². The average molecular weight is 337 g/mol. The lowest BCUT2D eigenvalue weighted by Crippen LogP contribution is -2.36. The molecule has 1 aliphatic heterocycles. The maximum absolute atomic E-state index is 12.7. The van der Waals surface area contributed by atoms with Crippen molar-refractivity contribution in [1.29, 1.82) is 0 Å². The Labute approximate surface area is 126 Å². The number of benzene rings is 1. The van der Waals surface area contributed by atoms with Crippen molar-refractivity contribution in [3.63, 3.8) is 0 Å². The monoisotopic (exact) mass is 336 g/mol. The number of hydrogen-bond donors (Lipinski definition) is 1. The smallest absolute Gasteiger partial charge is 0.240 e. The summed E-state index contributed by atoms with van der Waals surface area (Å²) in [6.45, 7) is 0. The van der Waals surface area contributed by atoms with Crippen molar-refractivity contribution in [3.05, 3.63) is 22.7 Å². The van der Waals surface area contributed by atoms with Crippen molar-refractivity contribution in [1.82, 2.24) is 0 Å². The van der Waals surface area contributed by atoms with Crippen molar-refractivity contribution < 1.29 is 9.59 Å². The molecule has 1 aromatic rings. The molecule has 4 nitrogen and oxygen atoms in total. The molecule has 1 spiro atoms. The van der Waals surface area contributed by atoms with Crippen LogP contribution in [0.4, 0.5) is 11.4 Å². The number of amides is 2. The third-order valence-electron chi connectivity index (χ3n) is 4.45. The first kappa shape index (κ1) is 13.6. The van der Waals surface area contributed by atoms with E-state index in [1.165, 1.54) is 4.90 Å². The van der Waals surface area contributed by atoms with Gasteiger partial charge in [0.25, 0.3) is 0 Å². The Kier molecular flexibility index (Phi) is 3.32. The average Bonchev–Trinajstić information content (AvgIpc) is 2.66. The number of anilines is 2. The summed E-state index contributed by atoms with van der Waals surface area (Å²) in [5.41, 5.74) is 6.53. The third-order valence-corrected chi connectivity index (χ3v) is 5.14. The number of imide groups is 1. The van der Waals surface area contributed by atoms with Crippen molar-refractivity contribution in [3.8, 4) is 0 Å². The van der Waals surface area contributed by atoms with Crippen LogP contribution in [0.5, 0.6) is 0 Å². The van der Waals surface area contributed by atoms with E-state index in [9.17, 15) is 9.59 Å². The number of carbonyl (C=O) groups excluding carboxylic acids is 2. The van der Waals surface area contributed by atoms with Gasteiger partial charge in [-0.15, -0.1) is 0 Å². The molecule has 1 saturated carbocycles. The summed E-state index contributed by atoms with van der Waals surface area (Å²) in [6, 6.07) is 5.19. The first-order valence-electron chi connectivity index (χ1n) is 6.96. The minimum absolute atomic E-state index is 0.0288. The lowest BCUT2D eigenvalue weighted by atomic mass is 9.73. The van der Waals surface area contributed by atoms with Crippen molar-refractivity contribution >= 4 is 39.1 Å². The molecule has 2 aliphatic rings. The molecule has 1 aromatic carbocycles. The number of nitrogen functional groups attached to an aromatic ring is 1. The molecule has 0 bridgehead atoms. The Morgan fingerprint density at radius 3 is 2.50 bits per heavy atom. The summed E-state index contributed by atoms with van der Waals surface area (Å²) in [7, 11) is 0. The van der Waals surface area contributed by atoms with Crippen LogP contribution in [-0.2, 0) is 9.59 Å². The number of nitrogens with two attached hydrogens (primary N) is 1. The lowest BCUT2D eigenvalue weighted by Gasteiger charge is -2.30. The van der Waals surface area contributed by atoms with Crippen LogP contribution in [0.1, 0.15) is 38.5 Å². The van der Waals surface area contributed by atoms with E-state index in [2.05, 4.69) is 15.9 Å². The first-order chi connectivity index (χ1) is 9.53. The standard InChI is InChI=1S/C15H17BrN2O2/c16-11-8-10(4-5-12(11)17)18-13(19)9-15(14(18)20)6-2-1-3-7-15/h4-5,8H,1-3,6-7,9,17H2. The van der Waals surface area contributed by atoms with Gasteiger partial charge in [0, 0.05) is 16.6 Å². The van der Waals surface area contributed by atoms with E-state index in [0.29, 0.717) is 22.3 Å². The number of carbonyl (C=O) groups is 2. The molecule has 1 aliphatic carbocycles. The van der Waals surface area contributed by atoms with Gasteiger partial charge in [0.15, 0.2) is 0 Å². The molecule has 2 fully saturated rings. The molecule has 3 rings (SSSR count). The Hall–Kier alpha value is -1.36. The van der Waals surface area contributed by atoms with Crippen LogP contribution in [0.15, 0.2) is 22.7 Å². The molecule has 2 amide bonds. The van der Waals surface area contributed by atoms with E-state index < -0.39 is 5.41 Å². The van der Waals surface area contributed by atoms with Crippen LogP contribution in [0.25, 0.3) is 0 Å². The van der Waals surface area contributed by atoms with Gasteiger partial charge in [-0.25, -0.2) is 0 Å². The summed E-state index contributed by atoms with van der Waals surface area (Å²) in [6.07, 6.45) is 5.27. The van der Waals surface area contributed by atoms with Gasteiger partial charge in [-0.3, -0.25) is 14.5 Å². The van der Waals surface area contributed by atoms with Crippen LogP contribution in [0.2, 0.25) is 0 Å². The molecule has 0 atom stereocenters. The minimum Gasteiger partial charge on any atom is -0.398 e. The second-order valence-electron chi connectivity index (χ2n) is 5.76. The fourth-order valence-corrected chi connectivity index (χ4v) is 3.70. The highest BCUT2D eigenvalue weighted by Crippen LogP contribution is 2.46. The summed E-state index contributed by atoms with van der Waals surface area (Å²) < 4.78 is 0.709. The first-order valence-corrected chi connectivity index (χ1v) is 7.75. The summed E-state index contributed by atoms with van der Waals surface area (Å²) in [5.74, 6) is -0.118. The Morgan fingerprint density at radius 2 is 1.85 bits per heavy atom. The zero-order chi connectivity index (χ0) is 14.3. The normalized spacial score (nSPS) is 21.8. The largest absolute Gasteiger partial charge is 0.398 e. The molecular formula is C15H17BrN2O2. The number of hydrogen-bond acceptors (Lipinski definition) is 3. The van der Waals surface area contributed by atoms with Crippen LogP contribution >= 0.6 is 15.9 Å². The lowest BCUT2D eigenvalue weighted by molar-refractivity contribution is -0.127. The van der Waals surface area contributed by atoms with Crippen LogP contribution in [-0.4, -0.2) is 11.8 Å². The van der Waals surface area contributed by atoms with Gasteiger partial charge in [-0.05, 0) is 47.0 Å². The Bertz CT molecular complexity index is 579. The van der Waals surface area contributed by atoms with Crippen LogP contribution in [0.3, 0.4) is 0 Å². The molecule has 0 aromatic heterocycles. The fourth-order valence-electron chi connectivity index (χ4n) is 3.33. The maximum atomic E-state index is 12.7. The van der Waals surface area contributed by atoms with Gasteiger partial charge in [0.1, 0.15) is 0 Å². The van der Waals surface area contributed by atoms with Gasteiger partial charge in [-0.1, -0.05) is 19.3 Å². The van der Waals surface area contributed by atoms with Gasteiger partial charge in [0.05, 0.1) is 11.1 Å².